The minimum absolute atomic E-state index is 0.108. The molecule has 0 radical (unpaired) electrons. The van der Waals surface area contributed by atoms with E-state index in [0.717, 1.165) is 38.8 Å². The van der Waals surface area contributed by atoms with Crippen LogP contribution in [0.25, 0.3) is 0 Å². The van der Waals surface area contributed by atoms with Crippen molar-refractivity contribution in [2.75, 3.05) is 13.2 Å². The Balaban J connectivity index is 2.05. The first kappa shape index (κ1) is 15.1. The van der Waals surface area contributed by atoms with Gasteiger partial charge >= 0.3 is 7.12 Å². The van der Waals surface area contributed by atoms with E-state index >= 15 is 0 Å². The Hall–Kier alpha value is -0.315. The fraction of sp³-hybridized carbons (Fsp3) is 0.867. The second-order valence-corrected chi connectivity index (χ2v) is 7.00. The van der Waals surface area contributed by atoms with Crippen molar-refractivity contribution in [3.8, 4) is 0 Å². The molecule has 0 amide bonds. The van der Waals surface area contributed by atoms with Crippen molar-refractivity contribution in [3.63, 3.8) is 0 Å². The maximum atomic E-state index is 6.14. The van der Waals surface area contributed by atoms with Crippen molar-refractivity contribution in [3.05, 3.63) is 12.7 Å². The standard InChI is InChI=1S/C15H27BO3/c1-6-7-15(8-10-17-11-9-15)12-16-18-13(2,3)14(4,5)19-16/h6H,1,7-12H2,2-5H3. The first-order valence-corrected chi connectivity index (χ1v) is 7.35. The molecule has 4 heteroatoms. The van der Waals surface area contributed by atoms with E-state index < -0.39 is 0 Å². The Bertz CT molecular complexity index is 316. The predicted octanol–water partition coefficient (Wildman–Crippen LogP) is 3.45. The van der Waals surface area contributed by atoms with E-state index in [-0.39, 0.29) is 23.7 Å². The van der Waals surface area contributed by atoms with Gasteiger partial charge in [0, 0.05) is 13.2 Å². The first-order valence-electron chi connectivity index (χ1n) is 7.35. The summed E-state index contributed by atoms with van der Waals surface area (Å²) in [5.74, 6) is 0. The molecule has 0 N–H and O–H groups in total. The average Bonchev–Trinajstić information content (AvgIpc) is 2.47. The minimum Gasteiger partial charge on any atom is -0.403 e. The maximum absolute atomic E-state index is 6.14. The molecule has 0 bridgehead atoms. The van der Waals surface area contributed by atoms with E-state index in [1.54, 1.807) is 0 Å². The summed E-state index contributed by atoms with van der Waals surface area (Å²) in [4.78, 5) is 0. The zero-order chi connectivity index (χ0) is 14.1. The molecule has 2 aliphatic heterocycles. The van der Waals surface area contributed by atoms with E-state index in [9.17, 15) is 0 Å². The van der Waals surface area contributed by atoms with Gasteiger partial charge < -0.3 is 14.0 Å². The Labute approximate surface area is 117 Å². The van der Waals surface area contributed by atoms with Crippen molar-refractivity contribution in [1.29, 1.82) is 0 Å². The minimum atomic E-state index is -0.238. The molecule has 0 aromatic rings. The Morgan fingerprint density at radius 3 is 2.05 bits per heavy atom. The highest BCUT2D eigenvalue weighted by molar-refractivity contribution is 6.45. The summed E-state index contributed by atoms with van der Waals surface area (Å²) < 4.78 is 17.8. The predicted molar refractivity (Wildman–Crippen MR) is 78.2 cm³/mol. The lowest BCUT2D eigenvalue weighted by molar-refractivity contribution is 0.00578. The van der Waals surface area contributed by atoms with Gasteiger partial charge in [-0.3, -0.25) is 0 Å². The van der Waals surface area contributed by atoms with Crippen LogP contribution in [0.15, 0.2) is 12.7 Å². The molecule has 0 unspecified atom stereocenters. The van der Waals surface area contributed by atoms with E-state index in [4.69, 9.17) is 14.0 Å². The quantitative estimate of drug-likeness (QED) is 0.576. The molecule has 108 valence electrons. The zero-order valence-electron chi connectivity index (χ0n) is 12.8. The number of hydrogen-bond acceptors (Lipinski definition) is 3. The van der Waals surface area contributed by atoms with E-state index in [0.29, 0.717) is 0 Å². The average molecular weight is 266 g/mol. The lowest BCUT2D eigenvalue weighted by Gasteiger charge is -2.37. The van der Waals surface area contributed by atoms with Crippen LogP contribution >= 0.6 is 0 Å². The molecule has 0 atom stereocenters. The second kappa shape index (κ2) is 5.23. The van der Waals surface area contributed by atoms with Gasteiger partial charge in [0.1, 0.15) is 0 Å². The van der Waals surface area contributed by atoms with Crippen molar-refractivity contribution < 1.29 is 14.0 Å². The molecule has 0 saturated carbocycles. The van der Waals surface area contributed by atoms with Crippen molar-refractivity contribution >= 4 is 7.12 Å². The molecular weight excluding hydrogens is 239 g/mol. The Kier molecular flexibility index (Phi) is 4.15. The molecular formula is C15H27BO3. The third-order valence-electron chi connectivity index (χ3n) is 5.03. The number of allylic oxidation sites excluding steroid dienone is 1. The summed E-state index contributed by atoms with van der Waals surface area (Å²) in [6.07, 6.45) is 6.12. The van der Waals surface area contributed by atoms with Crippen LogP contribution in [-0.2, 0) is 14.0 Å². The molecule has 2 saturated heterocycles. The molecule has 19 heavy (non-hydrogen) atoms. The summed E-state index contributed by atoms with van der Waals surface area (Å²) in [6, 6.07) is 0. The fourth-order valence-corrected chi connectivity index (χ4v) is 3.00. The van der Waals surface area contributed by atoms with Gasteiger partial charge in [-0.2, -0.15) is 0 Å². The van der Waals surface area contributed by atoms with Gasteiger partial charge in [-0.05, 0) is 58.7 Å². The van der Waals surface area contributed by atoms with Crippen LogP contribution in [0.1, 0.15) is 47.0 Å². The van der Waals surface area contributed by atoms with Crippen LogP contribution in [0.3, 0.4) is 0 Å². The van der Waals surface area contributed by atoms with Crippen LogP contribution in [-0.4, -0.2) is 31.5 Å². The number of ether oxygens (including phenoxy) is 1. The van der Waals surface area contributed by atoms with Crippen LogP contribution in [0.2, 0.25) is 6.32 Å². The third kappa shape index (κ3) is 3.06. The lowest BCUT2D eigenvalue weighted by atomic mass is 9.62. The van der Waals surface area contributed by atoms with E-state index in [2.05, 4.69) is 34.3 Å². The molecule has 2 aliphatic rings. The second-order valence-electron chi connectivity index (χ2n) is 7.00. The highest BCUT2D eigenvalue weighted by Crippen LogP contribution is 2.45. The number of hydrogen-bond donors (Lipinski definition) is 0. The SMILES string of the molecule is C=CCC1(CB2OC(C)(C)C(C)(C)O2)CCOCC1. The van der Waals surface area contributed by atoms with Crippen molar-refractivity contribution in [2.45, 2.75) is 64.5 Å². The topological polar surface area (TPSA) is 27.7 Å². The zero-order valence-corrected chi connectivity index (χ0v) is 12.8. The van der Waals surface area contributed by atoms with E-state index in [1.807, 2.05) is 6.08 Å². The summed E-state index contributed by atoms with van der Waals surface area (Å²) in [6.45, 7) is 14.0. The van der Waals surface area contributed by atoms with Crippen LogP contribution < -0.4 is 0 Å². The van der Waals surface area contributed by atoms with Crippen molar-refractivity contribution in [1.82, 2.24) is 0 Å². The molecule has 3 nitrogen and oxygen atoms in total. The molecule has 0 spiro atoms. The molecule has 2 rings (SSSR count). The monoisotopic (exact) mass is 266 g/mol. The summed E-state index contributed by atoms with van der Waals surface area (Å²) >= 11 is 0. The molecule has 0 aromatic carbocycles. The van der Waals surface area contributed by atoms with Crippen LogP contribution in [0.4, 0.5) is 0 Å². The Morgan fingerprint density at radius 1 is 1.05 bits per heavy atom. The fourth-order valence-electron chi connectivity index (χ4n) is 3.00. The van der Waals surface area contributed by atoms with Gasteiger partial charge in [-0.1, -0.05) is 6.08 Å². The molecule has 0 aromatic heterocycles. The van der Waals surface area contributed by atoms with Gasteiger partial charge in [-0.25, -0.2) is 0 Å². The smallest absolute Gasteiger partial charge is 0.403 e. The maximum Gasteiger partial charge on any atom is 0.458 e. The molecule has 2 heterocycles. The highest BCUT2D eigenvalue weighted by Gasteiger charge is 2.53. The summed E-state index contributed by atoms with van der Waals surface area (Å²) in [5.41, 5.74) is -0.239. The van der Waals surface area contributed by atoms with E-state index in [1.165, 1.54) is 0 Å². The Morgan fingerprint density at radius 2 is 1.58 bits per heavy atom. The largest absolute Gasteiger partial charge is 0.458 e. The molecule has 0 aliphatic carbocycles. The summed E-state index contributed by atoms with van der Waals surface area (Å²) in [5, 5.41) is 0. The van der Waals surface area contributed by atoms with Gasteiger partial charge in [0.15, 0.2) is 0 Å². The number of rotatable bonds is 4. The molecule has 2 fully saturated rings. The third-order valence-corrected chi connectivity index (χ3v) is 5.03. The van der Waals surface area contributed by atoms with Crippen molar-refractivity contribution in [2.24, 2.45) is 5.41 Å². The van der Waals surface area contributed by atoms with Gasteiger partial charge in [-0.15, -0.1) is 6.58 Å². The van der Waals surface area contributed by atoms with Gasteiger partial charge in [0.25, 0.3) is 0 Å². The van der Waals surface area contributed by atoms with Crippen LogP contribution in [0.5, 0.6) is 0 Å². The van der Waals surface area contributed by atoms with Crippen LogP contribution in [0, 0.1) is 5.41 Å². The van der Waals surface area contributed by atoms with Gasteiger partial charge in [0.2, 0.25) is 0 Å². The summed E-state index contributed by atoms with van der Waals surface area (Å²) in [7, 11) is -0.108. The van der Waals surface area contributed by atoms with Gasteiger partial charge in [0.05, 0.1) is 11.2 Å². The normalized spacial score (nSPS) is 28.3. The lowest BCUT2D eigenvalue weighted by Crippen LogP contribution is -2.41. The first-order chi connectivity index (χ1) is 8.80. The highest BCUT2D eigenvalue weighted by atomic mass is 16.7.